The summed E-state index contributed by atoms with van der Waals surface area (Å²) in [5, 5.41) is 28.8. The number of hydrogen-bond acceptors (Lipinski definition) is 9. The number of hydrogen-bond donors (Lipinski definition) is 3. The van der Waals surface area contributed by atoms with Gasteiger partial charge < -0.3 is 20.3 Å². The first-order chi connectivity index (χ1) is 23.5. The Morgan fingerprint density at radius 3 is 2.69 bits per heavy atom. The highest BCUT2D eigenvalue weighted by Gasteiger charge is 2.53. The van der Waals surface area contributed by atoms with Gasteiger partial charge in [-0.05, 0) is 72.9 Å². The Balaban J connectivity index is 1.03. The van der Waals surface area contributed by atoms with Gasteiger partial charge in [0.25, 0.3) is 0 Å². The summed E-state index contributed by atoms with van der Waals surface area (Å²) in [5.41, 5.74) is 4.39. The highest BCUT2D eigenvalue weighted by Crippen LogP contribution is 2.53. The lowest BCUT2D eigenvalue weighted by Crippen LogP contribution is -2.39. The molecule has 1 amide bonds. The zero-order valence-corrected chi connectivity index (χ0v) is 27.4. The van der Waals surface area contributed by atoms with E-state index in [2.05, 4.69) is 56.1 Å². The molecule has 4 aromatic heterocycles. The number of thiophene rings is 1. The number of halogens is 3. The van der Waals surface area contributed by atoms with Crippen molar-refractivity contribution < 1.29 is 23.1 Å². The molecule has 0 bridgehead atoms. The molecule has 49 heavy (non-hydrogen) atoms. The number of carbonyl (C=O) groups is 1. The van der Waals surface area contributed by atoms with Crippen molar-refractivity contribution in [3.05, 3.63) is 88.8 Å². The summed E-state index contributed by atoms with van der Waals surface area (Å²) in [5.74, 6) is 0.295. The Morgan fingerprint density at radius 2 is 1.96 bits per heavy atom. The van der Waals surface area contributed by atoms with Gasteiger partial charge in [0.15, 0.2) is 0 Å². The van der Waals surface area contributed by atoms with E-state index in [1.807, 2.05) is 22.8 Å². The average molecular weight is 687 g/mol. The molecule has 3 N–H and O–H groups in total. The zero-order valence-electron chi connectivity index (χ0n) is 26.5. The Kier molecular flexibility index (Phi) is 8.60. The van der Waals surface area contributed by atoms with E-state index in [0.29, 0.717) is 27.5 Å². The molecule has 1 aromatic carbocycles. The Morgan fingerprint density at radius 1 is 1.16 bits per heavy atom. The molecule has 5 heterocycles. The molecule has 5 aromatic rings. The van der Waals surface area contributed by atoms with Gasteiger partial charge in [0.1, 0.15) is 34.6 Å². The molecule has 1 saturated carbocycles. The topological polar surface area (TPSA) is 132 Å². The zero-order chi connectivity index (χ0) is 34.4. The van der Waals surface area contributed by atoms with Gasteiger partial charge in [0.05, 0.1) is 24.0 Å². The number of alkyl halides is 3. The first-order valence-corrected chi connectivity index (χ1v) is 16.7. The van der Waals surface area contributed by atoms with Crippen molar-refractivity contribution in [3.63, 3.8) is 0 Å². The second-order valence-electron chi connectivity index (χ2n) is 12.6. The van der Waals surface area contributed by atoms with Gasteiger partial charge in [-0.3, -0.25) is 9.69 Å². The number of anilines is 2. The van der Waals surface area contributed by atoms with Crippen molar-refractivity contribution in [2.24, 2.45) is 0 Å². The summed E-state index contributed by atoms with van der Waals surface area (Å²) < 4.78 is 40.8. The van der Waals surface area contributed by atoms with Crippen LogP contribution in [-0.4, -0.2) is 66.8 Å². The summed E-state index contributed by atoms with van der Waals surface area (Å²) in [4.78, 5) is 27.6. The highest BCUT2D eigenvalue weighted by atomic mass is 32.1. The number of rotatable bonds is 9. The van der Waals surface area contributed by atoms with Crippen LogP contribution in [0.1, 0.15) is 52.1 Å². The van der Waals surface area contributed by atoms with E-state index in [0.717, 1.165) is 77.5 Å². The standard InChI is InChI=1S/C35H33F3N8O2S/c1-3-29(47)44-28-12-20(6-9-40-28)30-31(32(30)48)46-23(16-39)13-25-19(2)21(4-5-27(25)46)17-45-10-7-22(8-11-45)43-33-26-14-24(15-35(36,37)38)49-34(26)42-18-41-33/h3-6,9,12-14,18,22,30-32,48H,1,7-8,10-11,15,17H2,2H3,(H,40,44,47)(H,41,42,43). The minimum Gasteiger partial charge on any atom is -0.390 e. The van der Waals surface area contributed by atoms with Crippen LogP contribution in [0.15, 0.2) is 61.6 Å². The SMILES string of the molecule is C=CC(=O)Nc1cc(C2C(O)C2n2c(C#N)cc3c(C)c(CN4CCC(Nc5ncnc6sc(CC(F)(F)F)cc56)CC4)ccc32)ccn1. The second-order valence-corrected chi connectivity index (χ2v) is 13.7. The van der Waals surface area contributed by atoms with Crippen LogP contribution >= 0.6 is 11.3 Å². The van der Waals surface area contributed by atoms with Crippen LogP contribution in [0.25, 0.3) is 21.1 Å². The average Bonchev–Trinajstić information content (AvgIpc) is 3.36. The number of nitrogens with one attached hydrogen (secondary N) is 2. The molecular formula is C35H33F3N8O2S. The van der Waals surface area contributed by atoms with Crippen molar-refractivity contribution in [1.29, 1.82) is 5.26 Å². The molecule has 10 nitrogen and oxygen atoms in total. The van der Waals surface area contributed by atoms with Crippen molar-refractivity contribution in [1.82, 2.24) is 24.4 Å². The molecule has 7 rings (SSSR count). The molecule has 0 radical (unpaired) electrons. The lowest BCUT2D eigenvalue weighted by Gasteiger charge is -2.33. The number of carbonyl (C=O) groups excluding carboxylic acids is 1. The van der Waals surface area contributed by atoms with E-state index in [-0.39, 0.29) is 28.8 Å². The predicted molar refractivity (Wildman–Crippen MR) is 181 cm³/mol. The number of aliphatic hydroxyl groups is 1. The third-order valence-electron chi connectivity index (χ3n) is 9.44. The van der Waals surface area contributed by atoms with Crippen molar-refractivity contribution >= 4 is 50.0 Å². The fourth-order valence-electron chi connectivity index (χ4n) is 6.93. The number of nitrogens with zero attached hydrogens (tertiary/aromatic N) is 6. The van der Waals surface area contributed by atoms with E-state index in [1.165, 1.54) is 6.33 Å². The molecule has 2 fully saturated rings. The second kappa shape index (κ2) is 12.9. The van der Waals surface area contributed by atoms with Crippen molar-refractivity contribution in [2.45, 2.75) is 63.0 Å². The minimum absolute atomic E-state index is 0.128. The number of nitriles is 1. The molecule has 14 heteroatoms. The number of aryl methyl sites for hydroxylation is 1. The van der Waals surface area contributed by atoms with Crippen LogP contribution in [0.4, 0.5) is 24.8 Å². The van der Waals surface area contributed by atoms with Crippen LogP contribution in [0.5, 0.6) is 0 Å². The minimum atomic E-state index is -4.28. The molecule has 3 unspecified atom stereocenters. The third kappa shape index (κ3) is 6.61. The van der Waals surface area contributed by atoms with E-state index in [4.69, 9.17) is 0 Å². The van der Waals surface area contributed by atoms with E-state index in [1.54, 1.807) is 18.3 Å². The highest BCUT2D eigenvalue weighted by molar-refractivity contribution is 7.18. The van der Waals surface area contributed by atoms with Crippen LogP contribution in [0.3, 0.4) is 0 Å². The summed E-state index contributed by atoms with van der Waals surface area (Å²) in [6, 6.07) is 13.2. The van der Waals surface area contributed by atoms with Crippen molar-refractivity contribution in [2.75, 3.05) is 23.7 Å². The maximum atomic E-state index is 13.0. The van der Waals surface area contributed by atoms with Crippen molar-refractivity contribution in [3.8, 4) is 6.07 Å². The van der Waals surface area contributed by atoms with Crippen LogP contribution in [0.2, 0.25) is 0 Å². The van der Waals surface area contributed by atoms with Crippen LogP contribution < -0.4 is 10.6 Å². The van der Waals surface area contributed by atoms with E-state index < -0.39 is 18.7 Å². The van der Waals surface area contributed by atoms with Gasteiger partial charge in [-0.1, -0.05) is 12.6 Å². The first kappa shape index (κ1) is 32.7. The number of likely N-dealkylation sites (tertiary alicyclic amines) is 1. The fourth-order valence-corrected chi connectivity index (χ4v) is 7.95. The number of benzene rings is 1. The molecule has 252 valence electrons. The first-order valence-electron chi connectivity index (χ1n) is 15.9. The molecule has 2 aliphatic rings. The lowest BCUT2D eigenvalue weighted by atomic mass is 10.0. The monoisotopic (exact) mass is 686 g/mol. The molecule has 3 atom stereocenters. The maximum absolute atomic E-state index is 13.0. The summed E-state index contributed by atoms with van der Waals surface area (Å²) in [6.07, 6.45) is -0.134. The maximum Gasteiger partial charge on any atom is 0.393 e. The Bertz CT molecular complexity index is 2110. The summed E-state index contributed by atoms with van der Waals surface area (Å²) in [7, 11) is 0. The molecule has 1 aliphatic carbocycles. The molecule has 0 spiro atoms. The number of amides is 1. The predicted octanol–water partition coefficient (Wildman–Crippen LogP) is 6.23. The van der Waals surface area contributed by atoms with Gasteiger partial charge in [-0.25, -0.2) is 15.0 Å². The largest absolute Gasteiger partial charge is 0.393 e. The molecular weight excluding hydrogens is 654 g/mol. The lowest BCUT2D eigenvalue weighted by molar-refractivity contribution is -0.126. The van der Waals surface area contributed by atoms with Gasteiger partial charge in [-0.2, -0.15) is 18.4 Å². The smallest absolute Gasteiger partial charge is 0.390 e. The number of piperidine rings is 1. The Hall–Kier alpha value is -4.84. The normalized spacial score (nSPS) is 20.0. The quantitative estimate of drug-likeness (QED) is 0.156. The van der Waals surface area contributed by atoms with E-state index in [9.17, 15) is 28.3 Å². The van der Waals surface area contributed by atoms with Gasteiger partial charge >= 0.3 is 6.18 Å². The fraction of sp³-hybridized carbons (Fsp3) is 0.343. The van der Waals surface area contributed by atoms with Gasteiger partial charge in [0.2, 0.25) is 5.91 Å². The number of pyridine rings is 1. The molecule has 1 saturated heterocycles. The number of fused-ring (bicyclic) bond motifs is 2. The Labute approximate surface area is 283 Å². The van der Waals surface area contributed by atoms with Gasteiger partial charge in [0, 0.05) is 53.6 Å². The van der Waals surface area contributed by atoms with Gasteiger partial charge in [-0.15, -0.1) is 11.3 Å². The summed E-state index contributed by atoms with van der Waals surface area (Å²) in [6.45, 7) is 7.91. The third-order valence-corrected chi connectivity index (χ3v) is 10.5. The van der Waals surface area contributed by atoms with E-state index >= 15 is 0 Å². The summed E-state index contributed by atoms with van der Waals surface area (Å²) >= 11 is 1.05. The van der Waals surface area contributed by atoms with Crippen LogP contribution in [0, 0.1) is 18.3 Å². The number of aromatic nitrogens is 4. The molecule has 1 aliphatic heterocycles. The van der Waals surface area contributed by atoms with Crippen LogP contribution in [-0.2, 0) is 17.8 Å². The number of aliphatic hydroxyl groups excluding tert-OH is 1.